The Morgan fingerprint density at radius 3 is 2.17 bits per heavy atom. The van der Waals surface area contributed by atoms with E-state index in [1.54, 1.807) is 0 Å². The van der Waals surface area contributed by atoms with Crippen molar-refractivity contribution in [1.82, 2.24) is 14.1 Å². The smallest absolute Gasteiger partial charge is 0.302 e. The van der Waals surface area contributed by atoms with Crippen molar-refractivity contribution in [2.45, 2.75) is 6.61 Å². The molecule has 4 aromatic carbocycles. The fraction of sp³-hybridized carbons (Fsp3) is 0.0385. The Hall–Kier alpha value is -4.05. The topological polar surface area (TPSA) is 32.0 Å². The minimum absolute atomic E-state index is 0.555. The third-order valence-electron chi connectivity index (χ3n) is 6.03. The summed E-state index contributed by atoms with van der Waals surface area (Å²) in [6, 6.07) is 32.6. The van der Waals surface area contributed by atoms with Gasteiger partial charge in [-0.3, -0.25) is 4.57 Å². The van der Waals surface area contributed by atoms with Crippen LogP contribution in [0.1, 0.15) is 5.56 Å². The molecular weight excluding hydrogens is 370 g/mol. The van der Waals surface area contributed by atoms with Gasteiger partial charge in [0.1, 0.15) is 6.61 Å². The number of aromatic nitrogens is 3. The van der Waals surface area contributed by atoms with Crippen LogP contribution in [-0.2, 0) is 6.61 Å². The Bertz CT molecular complexity index is 1550. The van der Waals surface area contributed by atoms with Crippen molar-refractivity contribution in [3.8, 4) is 17.4 Å². The summed E-state index contributed by atoms with van der Waals surface area (Å²) in [7, 11) is 0. The van der Waals surface area contributed by atoms with E-state index < -0.39 is 0 Å². The highest BCUT2D eigenvalue weighted by Crippen LogP contribution is 2.36. The normalized spacial score (nSPS) is 12.8. The lowest BCUT2D eigenvalue weighted by Crippen LogP contribution is -2.12. The molecule has 1 aliphatic rings. The first-order valence-corrected chi connectivity index (χ1v) is 10.1. The number of imidazole rings is 1. The van der Waals surface area contributed by atoms with Gasteiger partial charge in [-0.05, 0) is 36.4 Å². The van der Waals surface area contributed by atoms with E-state index in [9.17, 15) is 0 Å². The molecule has 0 fully saturated rings. The molecule has 30 heavy (non-hydrogen) atoms. The average Bonchev–Trinajstić information content (AvgIpc) is 3.34. The predicted molar refractivity (Wildman–Crippen MR) is 120 cm³/mol. The number of fused-ring (bicyclic) bond motifs is 8. The molecule has 7 rings (SSSR count). The van der Waals surface area contributed by atoms with Crippen LogP contribution in [0.5, 0.6) is 6.01 Å². The lowest BCUT2D eigenvalue weighted by atomic mass is 10.1. The highest BCUT2D eigenvalue weighted by molar-refractivity contribution is 6.09. The number of para-hydroxylation sites is 3. The van der Waals surface area contributed by atoms with E-state index in [4.69, 9.17) is 9.72 Å². The van der Waals surface area contributed by atoms with Gasteiger partial charge in [0, 0.05) is 22.0 Å². The Balaban J connectivity index is 1.56. The first-order valence-electron chi connectivity index (χ1n) is 10.1. The first-order chi connectivity index (χ1) is 14.9. The molecule has 0 aliphatic carbocycles. The third kappa shape index (κ3) is 2.02. The summed E-state index contributed by atoms with van der Waals surface area (Å²) in [5, 5.41) is 2.52. The molecule has 4 nitrogen and oxygen atoms in total. The van der Waals surface area contributed by atoms with E-state index in [2.05, 4.69) is 100 Å². The average molecular weight is 387 g/mol. The number of benzene rings is 4. The zero-order chi connectivity index (χ0) is 19.7. The van der Waals surface area contributed by atoms with E-state index in [0.29, 0.717) is 12.6 Å². The highest BCUT2D eigenvalue weighted by atomic mass is 16.5. The quantitative estimate of drug-likeness (QED) is 0.346. The van der Waals surface area contributed by atoms with Crippen molar-refractivity contribution in [3.63, 3.8) is 0 Å². The molecule has 1 aliphatic heterocycles. The third-order valence-corrected chi connectivity index (χ3v) is 6.03. The molecule has 3 heterocycles. The molecule has 0 saturated heterocycles. The number of ether oxygens (including phenoxy) is 1. The molecule has 6 aromatic rings. The van der Waals surface area contributed by atoms with Gasteiger partial charge in [0.05, 0.1) is 27.8 Å². The molecule has 0 N–H and O–H groups in total. The van der Waals surface area contributed by atoms with E-state index in [1.165, 1.54) is 27.4 Å². The maximum atomic E-state index is 5.95. The second-order valence-corrected chi connectivity index (χ2v) is 7.69. The van der Waals surface area contributed by atoms with Gasteiger partial charge in [0.2, 0.25) is 0 Å². The van der Waals surface area contributed by atoms with Gasteiger partial charge in [-0.25, -0.2) is 0 Å². The highest BCUT2D eigenvalue weighted by Gasteiger charge is 2.22. The van der Waals surface area contributed by atoms with E-state index in [1.807, 2.05) is 0 Å². The van der Waals surface area contributed by atoms with Crippen molar-refractivity contribution in [1.29, 1.82) is 0 Å². The Morgan fingerprint density at radius 2 is 1.37 bits per heavy atom. The lowest BCUT2D eigenvalue weighted by Gasteiger charge is -2.19. The van der Waals surface area contributed by atoms with Crippen molar-refractivity contribution < 1.29 is 4.74 Å². The Labute approximate surface area is 172 Å². The van der Waals surface area contributed by atoms with Gasteiger partial charge in [0.25, 0.3) is 0 Å². The minimum Gasteiger partial charge on any atom is -0.459 e. The van der Waals surface area contributed by atoms with Crippen molar-refractivity contribution >= 4 is 32.8 Å². The van der Waals surface area contributed by atoms with Crippen molar-refractivity contribution in [2.75, 3.05) is 0 Å². The largest absolute Gasteiger partial charge is 0.459 e. The van der Waals surface area contributed by atoms with Crippen LogP contribution in [0.2, 0.25) is 0 Å². The van der Waals surface area contributed by atoms with Crippen LogP contribution in [0.15, 0.2) is 91.0 Å². The molecule has 2 aromatic heterocycles. The van der Waals surface area contributed by atoms with E-state index >= 15 is 0 Å². The summed E-state index contributed by atoms with van der Waals surface area (Å²) < 4.78 is 10.4. The molecule has 0 saturated carbocycles. The number of rotatable bonds is 1. The van der Waals surface area contributed by atoms with Crippen LogP contribution in [-0.4, -0.2) is 14.1 Å². The van der Waals surface area contributed by atoms with Crippen LogP contribution in [0, 0.1) is 0 Å². The van der Waals surface area contributed by atoms with E-state index in [-0.39, 0.29) is 0 Å². The van der Waals surface area contributed by atoms with Gasteiger partial charge in [-0.1, -0.05) is 54.6 Å². The Morgan fingerprint density at radius 1 is 0.667 bits per heavy atom. The SMILES string of the molecule is c1ccc2c(c1)COc1nc3ccc(-n4c5ccccc5c5ccccc54)cc3n1-2. The van der Waals surface area contributed by atoms with Crippen LogP contribution in [0.25, 0.3) is 44.2 Å². The van der Waals surface area contributed by atoms with Crippen LogP contribution in [0.4, 0.5) is 0 Å². The summed E-state index contributed by atoms with van der Waals surface area (Å²) in [6.45, 7) is 0.555. The first kappa shape index (κ1) is 15.8. The Kier molecular flexibility index (Phi) is 3.03. The number of nitrogens with zero attached hydrogens (tertiary/aromatic N) is 3. The number of hydrogen-bond acceptors (Lipinski definition) is 2. The molecule has 4 heteroatoms. The summed E-state index contributed by atoms with van der Waals surface area (Å²) in [5.74, 6) is 0. The van der Waals surface area contributed by atoms with Crippen LogP contribution in [0.3, 0.4) is 0 Å². The molecule has 0 amide bonds. The predicted octanol–water partition coefficient (Wildman–Crippen LogP) is 6.02. The minimum atomic E-state index is 0.555. The summed E-state index contributed by atoms with van der Waals surface area (Å²) in [4.78, 5) is 4.73. The van der Waals surface area contributed by atoms with Gasteiger partial charge in [0.15, 0.2) is 0 Å². The van der Waals surface area contributed by atoms with Gasteiger partial charge >= 0.3 is 6.01 Å². The fourth-order valence-electron chi connectivity index (χ4n) is 4.70. The molecule has 142 valence electrons. The van der Waals surface area contributed by atoms with E-state index in [0.717, 1.165) is 22.4 Å². The second-order valence-electron chi connectivity index (χ2n) is 7.69. The molecular formula is C26H17N3O. The molecule has 0 radical (unpaired) electrons. The zero-order valence-corrected chi connectivity index (χ0v) is 16.1. The maximum absolute atomic E-state index is 5.95. The van der Waals surface area contributed by atoms with Gasteiger partial charge < -0.3 is 9.30 Å². The van der Waals surface area contributed by atoms with Gasteiger partial charge in [-0.2, -0.15) is 4.98 Å². The van der Waals surface area contributed by atoms with Gasteiger partial charge in [-0.15, -0.1) is 0 Å². The second kappa shape index (κ2) is 5.74. The maximum Gasteiger partial charge on any atom is 0.302 e. The lowest BCUT2D eigenvalue weighted by molar-refractivity contribution is 0.265. The van der Waals surface area contributed by atoms with Crippen LogP contribution >= 0.6 is 0 Å². The van der Waals surface area contributed by atoms with Crippen LogP contribution < -0.4 is 4.74 Å². The number of hydrogen-bond donors (Lipinski definition) is 0. The van der Waals surface area contributed by atoms with Crippen molar-refractivity contribution in [3.05, 3.63) is 96.6 Å². The standard InChI is InChI=1S/C26H17N3O/c1-4-10-22-17(7-1)16-30-26-27-21-14-13-18(15-25(21)29(22)26)28-23-11-5-2-8-19(23)20-9-3-6-12-24(20)28/h1-15H,16H2. The summed E-state index contributed by atoms with van der Waals surface area (Å²) >= 11 is 0. The molecule has 0 atom stereocenters. The summed E-state index contributed by atoms with van der Waals surface area (Å²) in [6.07, 6.45) is 0. The zero-order valence-electron chi connectivity index (χ0n) is 16.1. The molecule has 0 bridgehead atoms. The summed E-state index contributed by atoms with van der Waals surface area (Å²) in [5.41, 5.74) is 7.82. The fourth-order valence-corrected chi connectivity index (χ4v) is 4.70. The molecule has 0 unspecified atom stereocenters. The van der Waals surface area contributed by atoms with Crippen molar-refractivity contribution in [2.24, 2.45) is 0 Å². The molecule has 0 spiro atoms. The monoisotopic (exact) mass is 387 g/mol.